The van der Waals surface area contributed by atoms with Gasteiger partial charge in [-0.2, -0.15) is 13.2 Å². The molecule has 1 aromatic rings. The highest BCUT2D eigenvalue weighted by molar-refractivity contribution is 5.98. The van der Waals surface area contributed by atoms with E-state index in [-0.39, 0.29) is 18.5 Å². The number of hydrogen-bond donors (Lipinski definition) is 2. The predicted octanol–water partition coefficient (Wildman–Crippen LogP) is 3.50. The van der Waals surface area contributed by atoms with E-state index in [2.05, 4.69) is 15.6 Å². The number of nitrogens with one attached hydrogen (secondary N) is 2. The van der Waals surface area contributed by atoms with E-state index in [4.69, 9.17) is 4.74 Å². The first-order chi connectivity index (χ1) is 18.3. The molecule has 3 aliphatic rings. The van der Waals surface area contributed by atoms with E-state index in [9.17, 15) is 27.6 Å². The van der Waals surface area contributed by atoms with Gasteiger partial charge < -0.3 is 9.64 Å². The molecule has 39 heavy (non-hydrogen) atoms. The SMILES string of the molecule is CC(C)(C)OC(=O)NN1CCC(CN2CCN(c3ccc(C4CC(=O)NC(=O)C4)cc3C(F)(F)F)CC2)CC1. The van der Waals surface area contributed by atoms with Gasteiger partial charge in [-0.25, -0.2) is 9.80 Å². The molecule has 0 aromatic heterocycles. The molecule has 0 saturated carbocycles. The van der Waals surface area contributed by atoms with Gasteiger partial charge in [0.1, 0.15) is 5.60 Å². The number of halogens is 3. The van der Waals surface area contributed by atoms with Gasteiger partial charge in [0.2, 0.25) is 11.8 Å². The number of ether oxygens (including phenoxy) is 1. The van der Waals surface area contributed by atoms with Crippen LogP contribution in [0.25, 0.3) is 0 Å². The van der Waals surface area contributed by atoms with Crippen molar-refractivity contribution in [2.75, 3.05) is 50.7 Å². The highest BCUT2D eigenvalue weighted by Gasteiger charge is 2.37. The number of carbonyl (C=O) groups excluding carboxylic acids is 3. The van der Waals surface area contributed by atoms with Crippen molar-refractivity contribution < 1.29 is 32.3 Å². The number of piperazine rings is 1. The summed E-state index contributed by atoms with van der Waals surface area (Å²) in [7, 11) is 0. The predicted molar refractivity (Wildman–Crippen MR) is 139 cm³/mol. The summed E-state index contributed by atoms with van der Waals surface area (Å²) in [5.41, 5.74) is 2.01. The van der Waals surface area contributed by atoms with Gasteiger partial charge in [0.15, 0.2) is 0 Å². The summed E-state index contributed by atoms with van der Waals surface area (Å²) >= 11 is 0. The Balaban J connectivity index is 1.30. The Morgan fingerprint density at radius 1 is 1.00 bits per heavy atom. The van der Waals surface area contributed by atoms with Crippen LogP contribution in [-0.2, 0) is 20.5 Å². The lowest BCUT2D eigenvalue weighted by Gasteiger charge is -2.40. The smallest absolute Gasteiger partial charge is 0.422 e. The summed E-state index contributed by atoms with van der Waals surface area (Å²) in [4.78, 5) is 39.5. The van der Waals surface area contributed by atoms with Crippen LogP contribution in [-0.4, -0.2) is 79.2 Å². The summed E-state index contributed by atoms with van der Waals surface area (Å²) in [6.07, 6.45) is -3.19. The normalized spacial score (nSPS) is 21.1. The van der Waals surface area contributed by atoms with Gasteiger partial charge in [0.05, 0.1) is 5.56 Å². The average Bonchev–Trinajstić information content (AvgIpc) is 2.83. The minimum Gasteiger partial charge on any atom is -0.443 e. The Labute approximate surface area is 227 Å². The monoisotopic (exact) mass is 553 g/mol. The molecule has 0 bridgehead atoms. The van der Waals surface area contributed by atoms with Gasteiger partial charge in [-0.05, 0) is 57.2 Å². The first-order valence-corrected chi connectivity index (χ1v) is 13.5. The highest BCUT2D eigenvalue weighted by atomic mass is 19.4. The fourth-order valence-electron chi connectivity index (χ4n) is 5.52. The van der Waals surface area contributed by atoms with Crippen molar-refractivity contribution >= 4 is 23.6 Å². The zero-order valence-electron chi connectivity index (χ0n) is 22.8. The van der Waals surface area contributed by atoms with Crippen LogP contribution in [0.3, 0.4) is 0 Å². The number of imide groups is 1. The second-order valence-electron chi connectivity index (χ2n) is 11.7. The van der Waals surface area contributed by atoms with Crippen LogP contribution in [0.1, 0.15) is 63.5 Å². The molecule has 3 heterocycles. The lowest BCUT2D eigenvalue weighted by molar-refractivity contribution is -0.137. The molecule has 12 heteroatoms. The van der Waals surface area contributed by atoms with Gasteiger partial charge >= 0.3 is 12.3 Å². The standard InChI is InChI=1S/C27H38F3N5O4/c1-26(2,3)39-25(38)32-35-8-6-18(7-9-35)17-33-10-12-34(13-11-33)22-5-4-19(14-21(22)27(28,29)30)20-15-23(36)31-24(37)16-20/h4-5,14,18,20H,6-13,15-17H2,1-3H3,(H,32,38)(H,31,36,37). The topological polar surface area (TPSA) is 94.2 Å². The third kappa shape index (κ3) is 8.07. The summed E-state index contributed by atoms with van der Waals surface area (Å²) in [6.45, 7) is 10.0. The summed E-state index contributed by atoms with van der Waals surface area (Å²) in [5.74, 6) is -1.03. The number of amides is 3. The fourth-order valence-corrected chi connectivity index (χ4v) is 5.52. The van der Waals surface area contributed by atoms with Gasteiger partial charge in [-0.15, -0.1) is 0 Å². The minimum atomic E-state index is -4.55. The van der Waals surface area contributed by atoms with Crippen LogP contribution >= 0.6 is 0 Å². The molecular formula is C27H38F3N5O4. The molecule has 2 N–H and O–H groups in total. The number of piperidine rings is 2. The van der Waals surface area contributed by atoms with Crippen molar-refractivity contribution in [3.63, 3.8) is 0 Å². The van der Waals surface area contributed by atoms with Crippen molar-refractivity contribution in [3.05, 3.63) is 29.3 Å². The second-order valence-corrected chi connectivity index (χ2v) is 11.7. The zero-order chi connectivity index (χ0) is 28.4. The van der Waals surface area contributed by atoms with Gasteiger partial charge in [0, 0.05) is 70.3 Å². The van der Waals surface area contributed by atoms with Crippen molar-refractivity contribution in [1.29, 1.82) is 0 Å². The van der Waals surface area contributed by atoms with Crippen molar-refractivity contribution in [3.8, 4) is 0 Å². The second kappa shape index (κ2) is 11.7. The third-order valence-electron chi connectivity index (χ3n) is 7.43. The van der Waals surface area contributed by atoms with E-state index in [1.807, 2.05) is 25.8 Å². The molecule has 9 nitrogen and oxygen atoms in total. The molecule has 0 spiro atoms. The van der Waals surface area contributed by atoms with Crippen molar-refractivity contribution in [1.82, 2.24) is 20.7 Å². The fraction of sp³-hybridized carbons (Fsp3) is 0.667. The largest absolute Gasteiger partial charge is 0.443 e. The van der Waals surface area contributed by atoms with E-state index in [0.29, 0.717) is 37.7 Å². The Morgan fingerprint density at radius 3 is 2.18 bits per heavy atom. The Hall–Kier alpha value is -2.86. The molecule has 3 aliphatic heterocycles. The molecule has 3 amide bonds. The number of hydrogen-bond acceptors (Lipinski definition) is 7. The van der Waals surface area contributed by atoms with Crippen molar-refractivity contribution in [2.45, 2.75) is 64.1 Å². The Bertz CT molecular complexity index is 1040. The molecule has 0 atom stereocenters. The maximum absolute atomic E-state index is 14.1. The van der Waals surface area contributed by atoms with Crippen LogP contribution < -0.4 is 15.6 Å². The first kappa shape index (κ1) is 29.1. The van der Waals surface area contributed by atoms with Crippen molar-refractivity contribution in [2.24, 2.45) is 5.92 Å². The van der Waals surface area contributed by atoms with E-state index in [0.717, 1.165) is 38.5 Å². The number of anilines is 1. The van der Waals surface area contributed by atoms with Crippen LogP contribution in [0.15, 0.2) is 18.2 Å². The molecule has 3 saturated heterocycles. The van der Waals surface area contributed by atoms with E-state index >= 15 is 0 Å². The summed E-state index contributed by atoms with van der Waals surface area (Å²) in [6, 6.07) is 4.21. The molecular weight excluding hydrogens is 515 g/mol. The van der Waals surface area contributed by atoms with Crippen LogP contribution in [0.2, 0.25) is 0 Å². The highest BCUT2D eigenvalue weighted by Crippen LogP contribution is 2.40. The van der Waals surface area contributed by atoms with Crippen LogP contribution in [0.4, 0.5) is 23.7 Å². The molecule has 216 valence electrons. The van der Waals surface area contributed by atoms with Crippen LogP contribution in [0.5, 0.6) is 0 Å². The third-order valence-corrected chi connectivity index (χ3v) is 7.43. The molecule has 0 unspecified atom stereocenters. The molecule has 0 radical (unpaired) electrons. The van der Waals surface area contributed by atoms with Gasteiger partial charge in [-0.1, -0.05) is 6.07 Å². The lowest BCUT2D eigenvalue weighted by atomic mass is 9.88. The Kier molecular flexibility index (Phi) is 8.75. The van der Waals surface area contributed by atoms with E-state index in [1.165, 1.54) is 6.07 Å². The number of benzene rings is 1. The summed E-state index contributed by atoms with van der Waals surface area (Å²) < 4.78 is 47.5. The maximum atomic E-state index is 14.1. The molecule has 3 fully saturated rings. The quantitative estimate of drug-likeness (QED) is 0.539. The van der Waals surface area contributed by atoms with E-state index < -0.39 is 41.2 Å². The average molecular weight is 554 g/mol. The van der Waals surface area contributed by atoms with Gasteiger partial charge in [0.25, 0.3) is 0 Å². The maximum Gasteiger partial charge on any atom is 0.422 e. The number of rotatable bonds is 5. The molecule has 1 aromatic carbocycles. The minimum absolute atomic E-state index is 0.00293. The number of alkyl halides is 3. The number of hydrazine groups is 1. The Morgan fingerprint density at radius 2 is 1.62 bits per heavy atom. The summed E-state index contributed by atoms with van der Waals surface area (Å²) in [5, 5.41) is 4.08. The first-order valence-electron chi connectivity index (χ1n) is 13.5. The number of nitrogens with zero attached hydrogens (tertiary/aromatic N) is 3. The van der Waals surface area contributed by atoms with E-state index in [1.54, 1.807) is 11.0 Å². The number of carbonyl (C=O) groups is 3. The van der Waals surface area contributed by atoms with Gasteiger partial charge in [-0.3, -0.25) is 25.2 Å². The lowest BCUT2D eigenvalue weighted by Crippen LogP contribution is -2.51. The molecule has 4 rings (SSSR count). The molecule has 0 aliphatic carbocycles. The van der Waals surface area contributed by atoms with Crippen LogP contribution in [0, 0.1) is 5.92 Å². The zero-order valence-corrected chi connectivity index (χ0v) is 22.8.